The molecule has 94 valence electrons. The lowest BCUT2D eigenvalue weighted by molar-refractivity contribution is -0.120. The molecule has 1 aromatic rings. The number of nitrogens with two attached hydrogens (primary N) is 1. The minimum Gasteiger partial charge on any atom is -0.376 e. The first-order chi connectivity index (χ1) is 8.33. The Morgan fingerprint density at radius 1 is 1.12 bits per heavy atom. The molecule has 0 atom stereocenters. The number of ketones is 1. The highest BCUT2D eigenvalue weighted by Crippen LogP contribution is 2.02. The topological polar surface area (TPSA) is 52.3 Å². The number of benzene rings is 1. The number of ether oxygens (including phenoxy) is 1. The van der Waals surface area contributed by atoms with E-state index in [1.807, 2.05) is 30.3 Å². The zero-order chi connectivity index (χ0) is 12.3. The Hall–Kier alpha value is -1.19. The fourth-order valence-electron chi connectivity index (χ4n) is 1.54. The first-order valence-corrected chi connectivity index (χ1v) is 6.16. The van der Waals surface area contributed by atoms with Crippen LogP contribution in [0.5, 0.6) is 0 Å². The van der Waals surface area contributed by atoms with Gasteiger partial charge < -0.3 is 10.5 Å². The summed E-state index contributed by atoms with van der Waals surface area (Å²) < 4.78 is 5.45. The van der Waals surface area contributed by atoms with E-state index in [0.29, 0.717) is 32.6 Å². The van der Waals surface area contributed by atoms with Crippen LogP contribution in [0.4, 0.5) is 0 Å². The molecule has 0 aliphatic heterocycles. The van der Waals surface area contributed by atoms with Gasteiger partial charge in [0.25, 0.3) is 0 Å². The standard InChI is InChI=1S/C14H21NO2/c15-10-5-4-8-14(16)9-11-17-12-13-6-2-1-3-7-13/h1-3,6-7H,4-5,8-12,15H2. The quantitative estimate of drug-likeness (QED) is 0.668. The van der Waals surface area contributed by atoms with E-state index in [0.717, 1.165) is 18.4 Å². The van der Waals surface area contributed by atoms with Crippen molar-refractivity contribution in [3.63, 3.8) is 0 Å². The highest BCUT2D eigenvalue weighted by Gasteiger charge is 2.01. The summed E-state index contributed by atoms with van der Waals surface area (Å²) in [7, 11) is 0. The third-order valence-corrected chi connectivity index (χ3v) is 2.55. The van der Waals surface area contributed by atoms with Gasteiger partial charge in [-0.3, -0.25) is 4.79 Å². The Morgan fingerprint density at radius 3 is 2.59 bits per heavy atom. The molecule has 3 nitrogen and oxygen atoms in total. The lowest BCUT2D eigenvalue weighted by Crippen LogP contribution is -2.06. The third kappa shape index (κ3) is 6.87. The van der Waals surface area contributed by atoms with E-state index in [9.17, 15) is 4.79 Å². The molecular formula is C14H21NO2. The van der Waals surface area contributed by atoms with Crippen molar-refractivity contribution < 1.29 is 9.53 Å². The van der Waals surface area contributed by atoms with Crippen LogP contribution in [0, 0.1) is 0 Å². The van der Waals surface area contributed by atoms with Crippen molar-refractivity contribution in [2.75, 3.05) is 13.2 Å². The molecule has 0 fully saturated rings. The fourth-order valence-corrected chi connectivity index (χ4v) is 1.54. The highest BCUT2D eigenvalue weighted by molar-refractivity contribution is 5.78. The average Bonchev–Trinajstić information content (AvgIpc) is 2.36. The van der Waals surface area contributed by atoms with E-state index in [2.05, 4.69) is 0 Å². The molecule has 17 heavy (non-hydrogen) atoms. The van der Waals surface area contributed by atoms with Gasteiger partial charge in [-0.2, -0.15) is 0 Å². The fraction of sp³-hybridized carbons (Fsp3) is 0.500. The predicted molar refractivity (Wildman–Crippen MR) is 68.6 cm³/mol. The third-order valence-electron chi connectivity index (χ3n) is 2.55. The molecule has 3 heteroatoms. The van der Waals surface area contributed by atoms with Crippen molar-refractivity contribution in [2.45, 2.75) is 32.3 Å². The molecule has 0 unspecified atom stereocenters. The summed E-state index contributed by atoms with van der Waals surface area (Å²) in [5.41, 5.74) is 6.51. The minimum atomic E-state index is 0.270. The van der Waals surface area contributed by atoms with Gasteiger partial charge >= 0.3 is 0 Å². The van der Waals surface area contributed by atoms with Gasteiger partial charge in [-0.25, -0.2) is 0 Å². The predicted octanol–water partition coefficient (Wildman–Crippen LogP) is 2.29. The molecular weight excluding hydrogens is 214 g/mol. The Morgan fingerprint density at radius 2 is 1.88 bits per heavy atom. The van der Waals surface area contributed by atoms with Crippen LogP contribution in [0.1, 0.15) is 31.2 Å². The summed E-state index contributed by atoms with van der Waals surface area (Å²) in [5, 5.41) is 0. The average molecular weight is 235 g/mol. The smallest absolute Gasteiger partial charge is 0.135 e. The van der Waals surface area contributed by atoms with Gasteiger partial charge in [0.2, 0.25) is 0 Å². The van der Waals surface area contributed by atoms with Crippen molar-refractivity contribution in [1.82, 2.24) is 0 Å². The number of carbonyl (C=O) groups is 1. The number of hydrogen-bond acceptors (Lipinski definition) is 3. The monoisotopic (exact) mass is 235 g/mol. The van der Waals surface area contributed by atoms with Gasteiger partial charge in [-0.1, -0.05) is 30.3 Å². The molecule has 0 aromatic heterocycles. The molecule has 0 spiro atoms. The zero-order valence-corrected chi connectivity index (χ0v) is 10.2. The molecule has 0 radical (unpaired) electrons. The Kier molecular flexibility index (Phi) is 7.27. The summed E-state index contributed by atoms with van der Waals surface area (Å²) in [5.74, 6) is 0.270. The van der Waals surface area contributed by atoms with Gasteiger partial charge in [-0.15, -0.1) is 0 Å². The number of carbonyl (C=O) groups excluding carboxylic acids is 1. The van der Waals surface area contributed by atoms with Crippen molar-refractivity contribution in [1.29, 1.82) is 0 Å². The Balaban J connectivity index is 2.02. The largest absolute Gasteiger partial charge is 0.376 e. The summed E-state index contributed by atoms with van der Waals surface area (Å²) in [6, 6.07) is 9.98. The van der Waals surface area contributed by atoms with E-state index < -0.39 is 0 Å². The summed E-state index contributed by atoms with van der Waals surface area (Å²) in [6.45, 7) is 1.76. The van der Waals surface area contributed by atoms with E-state index in [-0.39, 0.29) is 5.78 Å². The second-order valence-corrected chi connectivity index (χ2v) is 4.07. The molecule has 1 rings (SSSR count). The normalized spacial score (nSPS) is 10.4. The lowest BCUT2D eigenvalue weighted by atomic mass is 10.1. The van der Waals surface area contributed by atoms with Crippen LogP contribution in [-0.4, -0.2) is 18.9 Å². The van der Waals surface area contributed by atoms with Gasteiger partial charge in [0.05, 0.1) is 13.2 Å². The molecule has 0 aliphatic rings. The first-order valence-electron chi connectivity index (χ1n) is 6.16. The van der Waals surface area contributed by atoms with Crippen LogP contribution in [0.25, 0.3) is 0 Å². The van der Waals surface area contributed by atoms with E-state index in [1.165, 1.54) is 0 Å². The molecule has 1 aromatic carbocycles. The first kappa shape index (κ1) is 13.9. The minimum absolute atomic E-state index is 0.270. The van der Waals surface area contributed by atoms with E-state index in [1.54, 1.807) is 0 Å². The number of rotatable bonds is 9. The van der Waals surface area contributed by atoms with Gasteiger partial charge in [-0.05, 0) is 24.9 Å². The summed E-state index contributed by atoms with van der Waals surface area (Å²) >= 11 is 0. The van der Waals surface area contributed by atoms with Gasteiger partial charge in [0, 0.05) is 12.8 Å². The zero-order valence-electron chi connectivity index (χ0n) is 10.2. The second-order valence-electron chi connectivity index (χ2n) is 4.07. The van der Waals surface area contributed by atoms with Crippen molar-refractivity contribution >= 4 is 5.78 Å². The number of hydrogen-bond donors (Lipinski definition) is 1. The maximum atomic E-state index is 11.4. The van der Waals surface area contributed by atoms with Crippen molar-refractivity contribution in [3.8, 4) is 0 Å². The second kappa shape index (κ2) is 8.90. The number of unbranched alkanes of at least 4 members (excludes halogenated alkanes) is 1. The molecule has 0 saturated heterocycles. The summed E-state index contributed by atoms with van der Waals surface area (Å²) in [6.07, 6.45) is 2.97. The van der Waals surface area contributed by atoms with Gasteiger partial charge in [0.1, 0.15) is 5.78 Å². The van der Waals surface area contributed by atoms with E-state index >= 15 is 0 Å². The Labute approximate surface area is 103 Å². The molecule has 0 saturated carbocycles. The van der Waals surface area contributed by atoms with Crippen LogP contribution in [0.2, 0.25) is 0 Å². The molecule has 2 N–H and O–H groups in total. The Bertz CT molecular complexity index is 311. The van der Waals surface area contributed by atoms with Crippen LogP contribution in [0.3, 0.4) is 0 Å². The van der Waals surface area contributed by atoms with Crippen molar-refractivity contribution in [2.24, 2.45) is 5.73 Å². The highest BCUT2D eigenvalue weighted by atomic mass is 16.5. The SMILES string of the molecule is NCCCCC(=O)CCOCc1ccccc1. The van der Waals surface area contributed by atoms with Gasteiger partial charge in [0.15, 0.2) is 0 Å². The lowest BCUT2D eigenvalue weighted by Gasteiger charge is -2.04. The van der Waals surface area contributed by atoms with E-state index in [4.69, 9.17) is 10.5 Å². The summed E-state index contributed by atoms with van der Waals surface area (Å²) in [4.78, 5) is 11.4. The van der Waals surface area contributed by atoms with Crippen LogP contribution >= 0.6 is 0 Å². The molecule has 0 aliphatic carbocycles. The molecule has 0 heterocycles. The number of Topliss-reactive ketones (excluding diaryl/α,β-unsaturated/α-hetero) is 1. The van der Waals surface area contributed by atoms with Crippen molar-refractivity contribution in [3.05, 3.63) is 35.9 Å². The van der Waals surface area contributed by atoms with Crippen LogP contribution in [0.15, 0.2) is 30.3 Å². The van der Waals surface area contributed by atoms with Crippen LogP contribution in [-0.2, 0) is 16.1 Å². The maximum absolute atomic E-state index is 11.4. The maximum Gasteiger partial charge on any atom is 0.135 e. The van der Waals surface area contributed by atoms with Crippen LogP contribution < -0.4 is 5.73 Å². The molecule has 0 amide bonds. The molecule has 0 bridgehead atoms.